The smallest absolute Gasteiger partial charge is 0.335 e. The van der Waals surface area contributed by atoms with Crippen molar-refractivity contribution >= 4 is 21.9 Å². The number of hydrogen-bond acceptors (Lipinski definition) is 2. The van der Waals surface area contributed by atoms with Gasteiger partial charge in [-0.25, -0.2) is 4.79 Å². The summed E-state index contributed by atoms with van der Waals surface area (Å²) < 4.78 is 6.36. The quantitative estimate of drug-likeness (QED) is 0.730. The summed E-state index contributed by atoms with van der Waals surface area (Å²) in [7, 11) is 0. The van der Waals surface area contributed by atoms with E-state index in [-0.39, 0.29) is 5.56 Å². The highest BCUT2D eigenvalue weighted by Crippen LogP contribution is 2.19. The molecule has 0 spiro atoms. The Morgan fingerprint density at radius 1 is 1.33 bits per heavy atom. The molecule has 1 aromatic carbocycles. The molecule has 100 valence electrons. The van der Waals surface area contributed by atoms with Crippen molar-refractivity contribution in [3.8, 4) is 0 Å². The van der Waals surface area contributed by atoms with Crippen molar-refractivity contribution in [1.82, 2.24) is 0 Å². The van der Waals surface area contributed by atoms with Gasteiger partial charge in [0.2, 0.25) is 0 Å². The molecule has 0 unspecified atom stereocenters. The van der Waals surface area contributed by atoms with Crippen molar-refractivity contribution < 1.29 is 14.6 Å². The summed E-state index contributed by atoms with van der Waals surface area (Å²) in [6, 6.07) is 5.00. The molecule has 0 saturated heterocycles. The molecule has 0 radical (unpaired) electrons. The van der Waals surface area contributed by atoms with Crippen LogP contribution in [0.1, 0.15) is 48.5 Å². The van der Waals surface area contributed by atoms with Gasteiger partial charge in [-0.2, -0.15) is 0 Å². The third kappa shape index (κ3) is 5.19. The molecule has 0 aliphatic rings. The Kier molecular flexibility index (Phi) is 6.98. The Labute approximate surface area is 116 Å². The van der Waals surface area contributed by atoms with Gasteiger partial charge in [-0.3, -0.25) is 0 Å². The number of unbranched alkanes of at least 4 members (excludes halogenated alkanes) is 3. The van der Waals surface area contributed by atoms with Gasteiger partial charge in [0.25, 0.3) is 0 Å². The molecule has 1 aromatic rings. The van der Waals surface area contributed by atoms with Crippen molar-refractivity contribution in [1.29, 1.82) is 0 Å². The van der Waals surface area contributed by atoms with Gasteiger partial charge in [-0.15, -0.1) is 0 Å². The summed E-state index contributed by atoms with van der Waals surface area (Å²) in [4.78, 5) is 10.8. The average molecular weight is 315 g/mol. The van der Waals surface area contributed by atoms with Crippen molar-refractivity contribution in [2.75, 3.05) is 6.61 Å². The van der Waals surface area contributed by atoms with E-state index in [1.54, 1.807) is 18.2 Å². The normalized spacial score (nSPS) is 10.6. The van der Waals surface area contributed by atoms with Crippen LogP contribution in [0, 0.1) is 0 Å². The first-order chi connectivity index (χ1) is 8.65. The van der Waals surface area contributed by atoms with E-state index in [1.807, 2.05) is 0 Å². The summed E-state index contributed by atoms with van der Waals surface area (Å²) in [5.41, 5.74) is 1.27. The van der Waals surface area contributed by atoms with Crippen LogP contribution in [0.5, 0.6) is 0 Å². The lowest BCUT2D eigenvalue weighted by Crippen LogP contribution is -2.00. The van der Waals surface area contributed by atoms with Crippen LogP contribution in [-0.4, -0.2) is 17.7 Å². The summed E-state index contributed by atoms with van der Waals surface area (Å²) >= 11 is 3.37. The predicted molar refractivity (Wildman–Crippen MR) is 74.9 cm³/mol. The molecular weight excluding hydrogens is 296 g/mol. The van der Waals surface area contributed by atoms with Gasteiger partial charge in [0.05, 0.1) is 12.2 Å². The Hall–Kier alpha value is -0.870. The third-order valence-electron chi connectivity index (χ3n) is 2.70. The van der Waals surface area contributed by atoms with Gasteiger partial charge in [0.15, 0.2) is 0 Å². The maximum Gasteiger partial charge on any atom is 0.335 e. The van der Waals surface area contributed by atoms with E-state index in [2.05, 4.69) is 22.9 Å². The molecule has 0 aliphatic heterocycles. The third-order valence-corrected chi connectivity index (χ3v) is 3.44. The minimum absolute atomic E-state index is 0.286. The lowest BCUT2D eigenvalue weighted by molar-refractivity contribution is 0.0696. The fraction of sp³-hybridized carbons (Fsp3) is 0.500. The van der Waals surface area contributed by atoms with Crippen LogP contribution in [-0.2, 0) is 11.3 Å². The number of hydrogen-bond donors (Lipinski definition) is 1. The molecule has 0 saturated carbocycles. The minimum atomic E-state index is -0.914. The minimum Gasteiger partial charge on any atom is -0.478 e. The summed E-state index contributed by atoms with van der Waals surface area (Å²) in [6.45, 7) is 3.46. The molecule has 0 aliphatic carbocycles. The highest BCUT2D eigenvalue weighted by molar-refractivity contribution is 9.10. The van der Waals surface area contributed by atoms with Gasteiger partial charge < -0.3 is 9.84 Å². The van der Waals surface area contributed by atoms with Gasteiger partial charge in [-0.1, -0.05) is 48.2 Å². The number of carboxylic acid groups (broad SMARTS) is 1. The van der Waals surface area contributed by atoms with Crippen molar-refractivity contribution in [2.45, 2.75) is 39.2 Å². The SMILES string of the molecule is CCCCCCOCc1ccc(C(=O)O)cc1Br. The molecule has 0 heterocycles. The molecule has 0 amide bonds. The lowest BCUT2D eigenvalue weighted by Gasteiger charge is -2.07. The van der Waals surface area contributed by atoms with Crippen molar-refractivity contribution in [2.24, 2.45) is 0 Å². The van der Waals surface area contributed by atoms with Crippen LogP contribution < -0.4 is 0 Å². The second-order valence-electron chi connectivity index (χ2n) is 4.22. The molecular formula is C14H19BrO3. The first kappa shape index (κ1) is 15.2. The molecule has 4 heteroatoms. The predicted octanol–water partition coefficient (Wildman–Crippen LogP) is 4.24. The summed E-state index contributed by atoms with van der Waals surface area (Å²) in [5, 5.41) is 8.84. The second kappa shape index (κ2) is 8.27. The maximum atomic E-state index is 10.8. The Morgan fingerprint density at radius 2 is 2.11 bits per heavy atom. The van der Waals surface area contributed by atoms with E-state index in [4.69, 9.17) is 9.84 Å². The molecule has 1 rings (SSSR count). The van der Waals surface area contributed by atoms with E-state index in [9.17, 15) is 4.79 Å². The molecule has 18 heavy (non-hydrogen) atoms. The average Bonchev–Trinajstić information content (AvgIpc) is 2.35. The number of benzene rings is 1. The van der Waals surface area contributed by atoms with Gasteiger partial charge in [-0.05, 0) is 24.1 Å². The Morgan fingerprint density at radius 3 is 2.72 bits per heavy atom. The first-order valence-corrected chi connectivity index (χ1v) is 7.04. The van der Waals surface area contributed by atoms with Crippen molar-refractivity contribution in [3.63, 3.8) is 0 Å². The zero-order valence-corrected chi connectivity index (χ0v) is 12.2. The first-order valence-electron chi connectivity index (χ1n) is 6.24. The largest absolute Gasteiger partial charge is 0.478 e. The standard InChI is InChI=1S/C14H19BrO3/c1-2-3-4-5-8-18-10-12-7-6-11(14(16)17)9-13(12)15/h6-7,9H,2-5,8,10H2,1H3,(H,16,17). The van der Waals surface area contributed by atoms with Gasteiger partial charge in [0.1, 0.15) is 0 Å². The van der Waals surface area contributed by atoms with Gasteiger partial charge in [0, 0.05) is 11.1 Å². The number of halogens is 1. The molecule has 0 aromatic heterocycles. The van der Waals surface area contributed by atoms with E-state index in [0.29, 0.717) is 6.61 Å². The van der Waals surface area contributed by atoms with Crippen LogP contribution >= 0.6 is 15.9 Å². The van der Waals surface area contributed by atoms with Crippen LogP contribution in [0.25, 0.3) is 0 Å². The van der Waals surface area contributed by atoms with E-state index in [1.165, 1.54) is 19.3 Å². The van der Waals surface area contributed by atoms with Crippen LogP contribution in [0.4, 0.5) is 0 Å². The molecule has 3 nitrogen and oxygen atoms in total. The molecule has 1 N–H and O–H groups in total. The Balaban J connectivity index is 2.36. The zero-order valence-electron chi connectivity index (χ0n) is 10.6. The van der Waals surface area contributed by atoms with Crippen molar-refractivity contribution in [3.05, 3.63) is 33.8 Å². The zero-order chi connectivity index (χ0) is 13.4. The number of carbonyl (C=O) groups is 1. The van der Waals surface area contributed by atoms with E-state index < -0.39 is 5.97 Å². The topological polar surface area (TPSA) is 46.5 Å². The fourth-order valence-corrected chi connectivity index (χ4v) is 2.10. The number of rotatable bonds is 8. The molecule has 0 atom stereocenters. The molecule has 0 bridgehead atoms. The van der Waals surface area contributed by atoms with Gasteiger partial charge >= 0.3 is 5.97 Å². The number of ether oxygens (including phenoxy) is 1. The fourth-order valence-electron chi connectivity index (χ4n) is 1.61. The van der Waals surface area contributed by atoms with Crippen LogP contribution in [0.15, 0.2) is 22.7 Å². The van der Waals surface area contributed by atoms with Crippen LogP contribution in [0.2, 0.25) is 0 Å². The Bertz CT molecular complexity index is 391. The lowest BCUT2D eigenvalue weighted by atomic mass is 10.1. The highest BCUT2D eigenvalue weighted by atomic mass is 79.9. The highest BCUT2D eigenvalue weighted by Gasteiger charge is 2.06. The second-order valence-corrected chi connectivity index (χ2v) is 5.08. The number of aromatic carboxylic acids is 1. The van der Waals surface area contributed by atoms with E-state index >= 15 is 0 Å². The monoisotopic (exact) mass is 314 g/mol. The maximum absolute atomic E-state index is 10.8. The summed E-state index contributed by atoms with van der Waals surface area (Å²) in [5.74, 6) is -0.914. The summed E-state index contributed by atoms with van der Waals surface area (Å²) in [6.07, 6.45) is 4.76. The van der Waals surface area contributed by atoms with Crippen LogP contribution in [0.3, 0.4) is 0 Å². The molecule has 0 fully saturated rings. The number of carboxylic acids is 1. The van der Waals surface area contributed by atoms with E-state index in [0.717, 1.165) is 23.1 Å².